The molecule has 1 N–H and O–H groups in total. The van der Waals surface area contributed by atoms with Crippen molar-refractivity contribution < 1.29 is 4.39 Å². The minimum Gasteiger partial charge on any atom is -0.313 e. The van der Waals surface area contributed by atoms with Crippen LogP contribution in [-0.2, 0) is 6.42 Å². The van der Waals surface area contributed by atoms with Crippen molar-refractivity contribution in [3.63, 3.8) is 0 Å². The normalized spacial score (nSPS) is 12.4. The van der Waals surface area contributed by atoms with Gasteiger partial charge in [-0.2, -0.15) is 0 Å². The minimum absolute atomic E-state index is 0.136. The Hall–Kier alpha value is -1.67. The minimum atomic E-state index is -0.167. The highest BCUT2D eigenvalue weighted by Gasteiger charge is 2.11. The van der Waals surface area contributed by atoms with Crippen LogP contribution in [0.15, 0.2) is 42.5 Å². The number of hydrogen-bond donors (Lipinski definition) is 1. The number of likely N-dealkylation sites (N-methyl/N-ethyl adjacent to an activating group) is 1. The summed E-state index contributed by atoms with van der Waals surface area (Å²) in [6.07, 6.45) is 0.861. The molecule has 0 heterocycles. The molecule has 1 nitrogen and oxygen atoms in total. The average Bonchev–Trinajstić information content (AvgIpc) is 2.37. The molecule has 100 valence electrons. The molecular weight excluding hydrogens is 237 g/mol. The number of hydrogen-bond acceptors (Lipinski definition) is 1. The smallest absolute Gasteiger partial charge is 0.123 e. The van der Waals surface area contributed by atoms with Crippen LogP contribution in [0.25, 0.3) is 0 Å². The van der Waals surface area contributed by atoms with Crippen LogP contribution in [-0.4, -0.2) is 7.05 Å². The van der Waals surface area contributed by atoms with Crippen molar-refractivity contribution in [1.82, 2.24) is 5.32 Å². The second-order valence-corrected chi connectivity index (χ2v) is 5.09. The van der Waals surface area contributed by atoms with Gasteiger partial charge in [0.2, 0.25) is 0 Å². The SMILES string of the molecule is CNC(Cc1ccc(C)cc1)c1cc(C)cc(F)c1. The van der Waals surface area contributed by atoms with Crippen LogP contribution in [0.4, 0.5) is 4.39 Å². The van der Waals surface area contributed by atoms with Crippen LogP contribution in [0.1, 0.15) is 28.3 Å². The summed E-state index contributed by atoms with van der Waals surface area (Å²) < 4.78 is 13.5. The maximum atomic E-state index is 13.5. The second kappa shape index (κ2) is 5.98. The first-order valence-electron chi connectivity index (χ1n) is 6.58. The molecule has 0 radical (unpaired) electrons. The second-order valence-electron chi connectivity index (χ2n) is 5.09. The standard InChI is InChI=1S/C17H20FN/c1-12-4-6-14(7-5-12)10-17(19-3)15-8-13(2)9-16(18)11-15/h4-9,11,17,19H,10H2,1-3H3. The number of aryl methyl sites for hydroxylation is 2. The third-order valence-corrected chi connectivity index (χ3v) is 3.38. The van der Waals surface area contributed by atoms with E-state index in [0.717, 1.165) is 17.5 Å². The average molecular weight is 257 g/mol. The largest absolute Gasteiger partial charge is 0.313 e. The summed E-state index contributed by atoms with van der Waals surface area (Å²) in [5.74, 6) is -0.167. The van der Waals surface area contributed by atoms with Crippen molar-refractivity contribution in [2.75, 3.05) is 7.05 Å². The van der Waals surface area contributed by atoms with E-state index in [9.17, 15) is 4.39 Å². The van der Waals surface area contributed by atoms with E-state index in [1.54, 1.807) is 12.1 Å². The Kier molecular flexibility index (Phi) is 4.33. The van der Waals surface area contributed by atoms with Crippen LogP contribution >= 0.6 is 0 Å². The van der Waals surface area contributed by atoms with Gasteiger partial charge in [0, 0.05) is 6.04 Å². The van der Waals surface area contributed by atoms with E-state index in [2.05, 4.69) is 36.5 Å². The summed E-state index contributed by atoms with van der Waals surface area (Å²) in [5.41, 5.74) is 4.47. The summed E-state index contributed by atoms with van der Waals surface area (Å²) in [6, 6.07) is 13.8. The molecule has 19 heavy (non-hydrogen) atoms. The monoisotopic (exact) mass is 257 g/mol. The molecule has 0 aliphatic carbocycles. The summed E-state index contributed by atoms with van der Waals surface area (Å²) in [4.78, 5) is 0. The van der Waals surface area contributed by atoms with Gasteiger partial charge in [-0.25, -0.2) is 4.39 Å². The van der Waals surface area contributed by atoms with Crippen molar-refractivity contribution >= 4 is 0 Å². The molecular formula is C17H20FN. The van der Waals surface area contributed by atoms with E-state index in [0.29, 0.717) is 0 Å². The van der Waals surface area contributed by atoms with Crippen LogP contribution in [0.2, 0.25) is 0 Å². The molecule has 1 unspecified atom stereocenters. The Balaban J connectivity index is 2.22. The molecule has 0 saturated carbocycles. The molecule has 0 saturated heterocycles. The van der Waals surface area contributed by atoms with Crippen LogP contribution in [0.5, 0.6) is 0 Å². The molecule has 0 aliphatic heterocycles. The Morgan fingerprint density at radius 2 is 1.68 bits per heavy atom. The third kappa shape index (κ3) is 3.65. The van der Waals surface area contributed by atoms with Crippen molar-refractivity contribution in [1.29, 1.82) is 0 Å². The van der Waals surface area contributed by atoms with E-state index < -0.39 is 0 Å². The van der Waals surface area contributed by atoms with Gasteiger partial charge in [-0.15, -0.1) is 0 Å². The Bertz CT molecular complexity index is 525. The van der Waals surface area contributed by atoms with Gasteiger partial charge in [0.05, 0.1) is 0 Å². The van der Waals surface area contributed by atoms with Crippen molar-refractivity contribution in [3.8, 4) is 0 Å². The number of rotatable bonds is 4. The molecule has 0 bridgehead atoms. The molecule has 2 aromatic carbocycles. The quantitative estimate of drug-likeness (QED) is 0.874. The zero-order valence-electron chi connectivity index (χ0n) is 11.7. The molecule has 0 aliphatic rings. The van der Waals surface area contributed by atoms with Gasteiger partial charge in [0.1, 0.15) is 5.82 Å². The van der Waals surface area contributed by atoms with Crippen LogP contribution in [0.3, 0.4) is 0 Å². The summed E-state index contributed by atoms with van der Waals surface area (Å²) >= 11 is 0. The number of nitrogens with one attached hydrogen (secondary N) is 1. The van der Waals surface area contributed by atoms with E-state index in [1.807, 2.05) is 20.0 Å². The molecule has 0 fully saturated rings. The van der Waals surface area contributed by atoms with Gasteiger partial charge in [-0.1, -0.05) is 35.9 Å². The highest BCUT2D eigenvalue weighted by Crippen LogP contribution is 2.20. The first-order chi connectivity index (χ1) is 9.08. The van der Waals surface area contributed by atoms with Gasteiger partial charge >= 0.3 is 0 Å². The van der Waals surface area contributed by atoms with Crippen molar-refractivity contribution in [2.45, 2.75) is 26.3 Å². The van der Waals surface area contributed by atoms with Crippen LogP contribution in [0, 0.1) is 19.7 Å². The van der Waals surface area contributed by atoms with Gasteiger partial charge in [0.15, 0.2) is 0 Å². The van der Waals surface area contributed by atoms with Gasteiger partial charge in [-0.3, -0.25) is 0 Å². The van der Waals surface area contributed by atoms with E-state index in [1.165, 1.54) is 11.1 Å². The molecule has 0 aromatic heterocycles. The van der Waals surface area contributed by atoms with Crippen LogP contribution < -0.4 is 5.32 Å². The first kappa shape index (κ1) is 13.8. The Morgan fingerprint density at radius 3 is 2.26 bits per heavy atom. The molecule has 0 amide bonds. The fourth-order valence-corrected chi connectivity index (χ4v) is 2.31. The molecule has 2 aromatic rings. The Morgan fingerprint density at radius 1 is 1.00 bits per heavy atom. The summed E-state index contributed by atoms with van der Waals surface area (Å²) in [7, 11) is 1.92. The van der Waals surface area contributed by atoms with Crippen molar-refractivity contribution in [3.05, 3.63) is 70.5 Å². The molecule has 2 rings (SSSR count). The first-order valence-corrected chi connectivity index (χ1v) is 6.58. The third-order valence-electron chi connectivity index (χ3n) is 3.38. The lowest BCUT2D eigenvalue weighted by atomic mass is 9.97. The number of benzene rings is 2. The highest BCUT2D eigenvalue weighted by molar-refractivity contribution is 5.29. The topological polar surface area (TPSA) is 12.0 Å². The molecule has 0 spiro atoms. The zero-order valence-corrected chi connectivity index (χ0v) is 11.7. The maximum Gasteiger partial charge on any atom is 0.123 e. The Labute approximate surface area is 114 Å². The predicted octanol–water partition coefficient (Wildman–Crippen LogP) is 3.95. The van der Waals surface area contributed by atoms with Gasteiger partial charge < -0.3 is 5.32 Å². The van der Waals surface area contributed by atoms with Gasteiger partial charge in [-0.05, 0) is 56.1 Å². The maximum absolute atomic E-state index is 13.5. The lowest BCUT2D eigenvalue weighted by Gasteiger charge is -2.17. The van der Waals surface area contributed by atoms with E-state index >= 15 is 0 Å². The molecule has 2 heteroatoms. The summed E-state index contributed by atoms with van der Waals surface area (Å²) in [6.45, 7) is 4.00. The van der Waals surface area contributed by atoms with E-state index in [4.69, 9.17) is 0 Å². The fraction of sp³-hybridized carbons (Fsp3) is 0.294. The lowest BCUT2D eigenvalue weighted by Crippen LogP contribution is -2.19. The number of halogens is 1. The fourth-order valence-electron chi connectivity index (χ4n) is 2.31. The highest BCUT2D eigenvalue weighted by atomic mass is 19.1. The predicted molar refractivity (Wildman–Crippen MR) is 77.8 cm³/mol. The van der Waals surface area contributed by atoms with Crippen molar-refractivity contribution in [2.24, 2.45) is 0 Å². The van der Waals surface area contributed by atoms with Gasteiger partial charge in [0.25, 0.3) is 0 Å². The van der Waals surface area contributed by atoms with E-state index in [-0.39, 0.29) is 11.9 Å². The molecule has 1 atom stereocenters. The zero-order chi connectivity index (χ0) is 13.8. The lowest BCUT2D eigenvalue weighted by molar-refractivity contribution is 0.576. The summed E-state index contributed by atoms with van der Waals surface area (Å²) in [5, 5.41) is 3.27.